The van der Waals surface area contributed by atoms with Crippen LogP contribution in [-0.2, 0) is 6.54 Å². The number of nitrogens with one attached hydrogen (secondary N) is 2. The molecule has 166 valence electrons. The number of H-pyrrole nitrogens is 1. The third-order valence-corrected chi connectivity index (χ3v) is 4.89. The Hall–Kier alpha value is -4.60. The molecule has 10 heteroatoms. The van der Waals surface area contributed by atoms with Crippen molar-refractivity contribution in [2.45, 2.75) is 6.54 Å². The fraction of sp³-hybridized carbons (Fsp3) is 0.0870. The van der Waals surface area contributed by atoms with Crippen LogP contribution in [0.2, 0.25) is 0 Å². The number of rotatable bonds is 6. The molecule has 0 saturated heterocycles. The SMILES string of the molecule is O=C(NCCn1cnc(-c2ccc(F)cc2)cc1=O)c1c[nH]c(=O)n(-c2ccccc2)c1=O. The maximum absolute atomic E-state index is 13.1. The van der Waals surface area contributed by atoms with Gasteiger partial charge >= 0.3 is 5.69 Å². The smallest absolute Gasteiger partial charge is 0.333 e. The highest BCUT2D eigenvalue weighted by atomic mass is 19.1. The zero-order valence-corrected chi connectivity index (χ0v) is 17.2. The summed E-state index contributed by atoms with van der Waals surface area (Å²) in [5.74, 6) is -1.08. The Morgan fingerprint density at radius 2 is 1.76 bits per heavy atom. The Morgan fingerprint density at radius 1 is 1.03 bits per heavy atom. The number of para-hydroxylation sites is 1. The molecular formula is C23H18FN5O4. The minimum atomic E-state index is -0.759. The summed E-state index contributed by atoms with van der Waals surface area (Å²) in [6, 6.07) is 15.1. The van der Waals surface area contributed by atoms with Gasteiger partial charge in [0.25, 0.3) is 17.0 Å². The molecule has 2 N–H and O–H groups in total. The van der Waals surface area contributed by atoms with Crippen LogP contribution in [0.25, 0.3) is 16.9 Å². The molecule has 0 spiro atoms. The molecule has 33 heavy (non-hydrogen) atoms. The lowest BCUT2D eigenvalue weighted by Crippen LogP contribution is -2.40. The molecule has 2 heterocycles. The number of hydrogen-bond acceptors (Lipinski definition) is 5. The predicted molar refractivity (Wildman–Crippen MR) is 119 cm³/mol. The molecule has 4 rings (SSSR count). The van der Waals surface area contributed by atoms with Crippen LogP contribution in [0.1, 0.15) is 10.4 Å². The van der Waals surface area contributed by atoms with E-state index >= 15 is 0 Å². The number of halogens is 1. The quantitative estimate of drug-likeness (QED) is 0.462. The fourth-order valence-electron chi connectivity index (χ4n) is 3.20. The average molecular weight is 447 g/mol. The Bertz CT molecular complexity index is 1470. The Morgan fingerprint density at radius 3 is 2.45 bits per heavy atom. The van der Waals surface area contributed by atoms with Crippen molar-refractivity contribution < 1.29 is 9.18 Å². The Labute approximate surface area is 185 Å². The molecule has 0 aliphatic carbocycles. The van der Waals surface area contributed by atoms with Crippen LogP contribution in [0.15, 0.2) is 87.6 Å². The number of benzene rings is 2. The molecule has 2 aromatic carbocycles. The van der Waals surface area contributed by atoms with Gasteiger partial charge in [-0.2, -0.15) is 0 Å². The van der Waals surface area contributed by atoms with Crippen molar-refractivity contribution >= 4 is 5.91 Å². The molecule has 0 radical (unpaired) electrons. The number of carbonyl (C=O) groups is 1. The predicted octanol–water partition coefficient (Wildman–Crippen LogP) is 1.32. The number of nitrogens with zero attached hydrogens (tertiary/aromatic N) is 3. The first-order valence-electron chi connectivity index (χ1n) is 9.95. The van der Waals surface area contributed by atoms with Crippen LogP contribution in [0, 0.1) is 5.82 Å². The highest BCUT2D eigenvalue weighted by Gasteiger charge is 2.15. The summed E-state index contributed by atoms with van der Waals surface area (Å²) in [5, 5.41) is 2.56. The van der Waals surface area contributed by atoms with Crippen LogP contribution in [0.5, 0.6) is 0 Å². The number of hydrogen-bond donors (Lipinski definition) is 2. The Balaban J connectivity index is 1.46. The van der Waals surface area contributed by atoms with E-state index in [2.05, 4.69) is 15.3 Å². The van der Waals surface area contributed by atoms with E-state index in [-0.39, 0.29) is 30.0 Å². The lowest BCUT2D eigenvalue weighted by molar-refractivity contribution is 0.0949. The lowest BCUT2D eigenvalue weighted by Gasteiger charge is -2.09. The standard InChI is InChI=1S/C23H18FN5O4/c24-16-8-6-15(7-9-16)19-12-20(30)28(14-27-19)11-10-25-21(31)18-13-26-23(33)29(22(18)32)17-4-2-1-3-5-17/h1-9,12-14H,10-11H2,(H,25,31)(H,26,33). The molecule has 0 unspecified atom stereocenters. The second-order valence-electron chi connectivity index (χ2n) is 7.05. The van der Waals surface area contributed by atoms with E-state index in [9.17, 15) is 23.6 Å². The maximum Gasteiger partial charge on any atom is 0.333 e. The number of amides is 1. The van der Waals surface area contributed by atoms with Crippen molar-refractivity contribution in [3.8, 4) is 16.9 Å². The van der Waals surface area contributed by atoms with Gasteiger partial charge in [0.2, 0.25) is 0 Å². The highest BCUT2D eigenvalue weighted by Crippen LogP contribution is 2.14. The number of aromatic nitrogens is 4. The molecule has 1 amide bonds. The van der Waals surface area contributed by atoms with Gasteiger partial charge in [0.05, 0.1) is 17.7 Å². The topological polar surface area (TPSA) is 119 Å². The zero-order chi connectivity index (χ0) is 23.4. The van der Waals surface area contributed by atoms with Crippen molar-refractivity contribution in [2.24, 2.45) is 0 Å². The van der Waals surface area contributed by atoms with E-state index in [0.717, 1.165) is 10.8 Å². The van der Waals surface area contributed by atoms with Crippen LogP contribution in [-0.4, -0.2) is 31.6 Å². The number of carbonyl (C=O) groups excluding carboxylic acids is 1. The summed E-state index contributed by atoms with van der Waals surface area (Å²) >= 11 is 0. The van der Waals surface area contributed by atoms with E-state index < -0.39 is 17.2 Å². The number of aromatic amines is 1. The van der Waals surface area contributed by atoms with Crippen LogP contribution >= 0.6 is 0 Å². The molecule has 0 saturated carbocycles. The first kappa shape index (κ1) is 21.6. The Kier molecular flexibility index (Phi) is 6.07. The van der Waals surface area contributed by atoms with Crippen LogP contribution in [0.4, 0.5) is 4.39 Å². The van der Waals surface area contributed by atoms with Gasteiger partial charge in [-0.1, -0.05) is 18.2 Å². The van der Waals surface area contributed by atoms with Crippen LogP contribution < -0.4 is 22.1 Å². The fourth-order valence-corrected chi connectivity index (χ4v) is 3.20. The van der Waals surface area contributed by atoms with E-state index in [1.165, 1.54) is 41.2 Å². The lowest BCUT2D eigenvalue weighted by atomic mass is 10.1. The maximum atomic E-state index is 13.1. The molecular weight excluding hydrogens is 429 g/mol. The van der Waals surface area contributed by atoms with Crippen molar-refractivity contribution in [3.05, 3.63) is 116 Å². The van der Waals surface area contributed by atoms with E-state index in [1.54, 1.807) is 30.3 Å². The van der Waals surface area contributed by atoms with Gasteiger partial charge in [-0.3, -0.25) is 19.0 Å². The second kappa shape index (κ2) is 9.27. The first-order chi connectivity index (χ1) is 15.9. The van der Waals surface area contributed by atoms with Gasteiger partial charge in [0, 0.05) is 30.9 Å². The van der Waals surface area contributed by atoms with Crippen molar-refractivity contribution in [3.63, 3.8) is 0 Å². The van der Waals surface area contributed by atoms with Gasteiger partial charge in [-0.25, -0.2) is 18.7 Å². The third kappa shape index (κ3) is 4.69. The molecule has 0 bridgehead atoms. The van der Waals surface area contributed by atoms with Crippen LogP contribution in [0.3, 0.4) is 0 Å². The summed E-state index contributed by atoms with van der Waals surface area (Å²) in [6.07, 6.45) is 2.39. The summed E-state index contributed by atoms with van der Waals surface area (Å²) < 4.78 is 15.2. The molecule has 4 aromatic rings. The van der Waals surface area contributed by atoms with Gasteiger partial charge in [-0.15, -0.1) is 0 Å². The summed E-state index contributed by atoms with van der Waals surface area (Å²) in [4.78, 5) is 56.3. The average Bonchev–Trinajstić information content (AvgIpc) is 2.81. The molecule has 0 atom stereocenters. The molecule has 0 aliphatic heterocycles. The molecule has 9 nitrogen and oxygen atoms in total. The van der Waals surface area contributed by atoms with E-state index in [0.29, 0.717) is 16.9 Å². The van der Waals surface area contributed by atoms with Gasteiger partial charge in [0.1, 0.15) is 11.4 Å². The largest absolute Gasteiger partial charge is 0.350 e. The summed E-state index contributed by atoms with van der Waals surface area (Å²) in [6.45, 7) is 0.151. The zero-order valence-electron chi connectivity index (χ0n) is 17.2. The van der Waals surface area contributed by atoms with Gasteiger partial charge in [0.15, 0.2) is 0 Å². The molecule has 2 aromatic heterocycles. The second-order valence-corrected chi connectivity index (χ2v) is 7.05. The minimum Gasteiger partial charge on any atom is -0.350 e. The minimum absolute atomic E-state index is 0.0419. The third-order valence-electron chi connectivity index (χ3n) is 4.89. The molecule has 0 fully saturated rings. The summed E-state index contributed by atoms with van der Waals surface area (Å²) in [5.41, 5.74) is -0.690. The van der Waals surface area contributed by atoms with E-state index in [4.69, 9.17) is 0 Å². The van der Waals surface area contributed by atoms with Gasteiger partial charge in [-0.05, 0) is 36.4 Å². The normalized spacial score (nSPS) is 10.7. The van der Waals surface area contributed by atoms with Gasteiger partial charge < -0.3 is 10.3 Å². The first-order valence-corrected chi connectivity index (χ1v) is 9.95. The van der Waals surface area contributed by atoms with Crippen molar-refractivity contribution in [1.82, 2.24) is 24.4 Å². The highest BCUT2D eigenvalue weighted by molar-refractivity contribution is 5.93. The van der Waals surface area contributed by atoms with E-state index in [1.807, 2.05) is 0 Å². The van der Waals surface area contributed by atoms with Crippen molar-refractivity contribution in [1.29, 1.82) is 0 Å². The molecule has 0 aliphatic rings. The monoisotopic (exact) mass is 447 g/mol. The van der Waals surface area contributed by atoms with Crippen molar-refractivity contribution in [2.75, 3.05) is 6.54 Å². The summed E-state index contributed by atoms with van der Waals surface area (Å²) in [7, 11) is 0.